The van der Waals surface area contributed by atoms with Crippen LogP contribution in [-0.2, 0) is 16.6 Å². The summed E-state index contributed by atoms with van der Waals surface area (Å²) >= 11 is 0. The Morgan fingerprint density at radius 2 is 1.96 bits per heavy atom. The van der Waals surface area contributed by atoms with E-state index in [1.54, 1.807) is 0 Å². The number of pyridine rings is 1. The van der Waals surface area contributed by atoms with E-state index in [-0.39, 0.29) is 11.9 Å². The zero-order valence-corrected chi connectivity index (χ0v) is 15.6. The predicted molar refractivity (Wildman–Crippen MR) is 98.9 cm³/mol. The number of fused-ring (bicyclic) bond motifs is 1. The van der Waals surface area contributed by atoms with Crippen molar-refractivity contribution in [3.8, 4) is 0 Å². The third kappa shape index (κ3) is 3.21. The minimum atomic E-state index is -0.0599. The van der Waals surface area contributed by atoms with Gasteiger partial charge in [-0.3, -0.25) is 14.4 Å². The third-order valence-corrected chi connectivity index (χ3v) is 5.77. The average molecular weight is 357 g/mol. The third-order valence-electron chi connectivity index (χ3n) is 5.77. The maximum Gasteiger partial charge on any atom is 0.239 e. The number of ether oxygens (including phenoxy) is 1. The lowest BCUT2D eigenvalue weighted by atomic mass is 9.91. The largest absolute Gasteiger partial charge is 0.379 e. The molecule has 2 saturated heterocycles. The van der Waals surface area contributed by atoms with E-state index in [1.165, 1.54) is 0 Å². The first-order valence-corrected chi connectivity index (χ1v) is 9.53. The summed E-state index contributed by atoms with van der Waals surface area (Å²) in [6.07, 6.45) is 3.73. The molecule has 0 radical (unpaired) electrons. The van der Waals surface area contributed by atoms with Gasteiger partial charge in [-0.05, 0) is 31.9 Å². The number of aromatic nitrogens is 3. The maximum absolute atomic E-state index is 12.9. The maximum atomic E-state index is 12.9. The Bertz CT molecular complexity index is 775. The van der Waals surface area contributed by atoms with Crippen LogP contribution in [0, 0.1) is 0 Å². The Labute approximate surface area is 153 Å². The van der Waals surface area contributed by atoms with E-state index < -0.39 is 0 Å². The average Bonchev–Trinajstić information content (AvgIpc) is 3.05. The molecule has 2 aliphatic heterocycles. The van der Waals surface area contributed by atoms with Gasteiger partial charge in [-0.1, -0.05) is 0 Å². The van der Waals surface area contributed by atoms with Gasteiger partial charge >= 0.3 is 0 Å². The fraction of sp³-hybridized carbons (Fsp3) is 0.632. The van der Waals surface area contributed by atoms with Crippen molar-refractivity contribution in [3.05, 3.63) is 24.0 Å². The van der Waals surface area contributed by atoms with Crippen molar-refractivity contribution >= 4 is 16.9 Å². The van der Waals surface area contributed by atoms with Gasteiger partial charge in [-0.2, -0.15) is 5.10 Å². The molecule has 0 N–H and O–H groups in total. The molecule has 2 aromatic heterocycles. The van der Waals surface area contributed by atoms with E-state index >= 15 is 0 Å². The van der Waals surface area contributed by atoms with E-state index in [0.29, 0.717) is 5.92 Å². The normalized spacial score (nSPS) is 21.2. The SMILES string of the molecule is C[C@@H](C(=O)N1CCC(c2nn(C)c3ncccc23)CC1)N1CCOCC1. The number of carbonyl (C=O) groups is 1. The van der Waals surface area contributed by atoms with Crippen molar-refractivity contribution in [2.24, 2.45) is 7.05 Å². The molecule has 0 unspecified atom stereocenters. The molecule has 4 rings (SSSR count). The molecular weight excluding hydrogens is 330 g/mol. The molecule has 0 aliphatic carbocycles. The van der Waals surface area contributed by atoms with Gasteiger partial charge in [0.2, 0.25) is 5.91 Å². The Hall–Kier alpha value is -1.99. The van der Waals surface area contributed by atoms with Crippen LogP contribution < -0.4 is 0 Å². The molecule has 0 spiro atoms. The molecule has 7 nitrogen and oxygen atoms in total. The highest BCUT2D eigenvalue weighted by molar-refractivity contribution is 5.82. The number of hydrogen-bond acceptors (Lipinski definition) is 5. The summed E-state index contributed by atoms with van der Waals surface area (Å²) in [6.45, 7) is 6.76. The van der Waals surface area contributed by atoms with Crippen LogP contribution in [0.2, 0.25) is 0 Å². The summed E-state index contributed by atoms with van der Waals surface area (Å²) in [7, 11) is 1.95. The first-order valence-electron chi connectivity index (χ1n) is 9.53. The Morgan fingerprint density at radius 1 is 1.23 bits per heavy atom. The number of likely N-dealkylation sites (tertiary alicyclic amines) is 1. The predicted octanol–water partition coefficient (Wildman–Crippen LogP) is 1.39. The van der Waals surface area contributed by atoms with Crippen LogP contribution in [0.3, 0.4) is 0 Å². The lowest BCUT2D eigenvalue weighted by molar-refractivity contribution is -0.139. The second-order valence-electron chi connectivity index (χ2n) is 7.31. The quantitative estimate of drug-likeness (QED) is 0.831. The molecule has 1 atom stereocenters. The summed E-state index contributed by atoms with van der Waals surface area (Å²) < 4.78 is 7.26. The smallest absolute Gasteiger partial charge is 0.239 e. The van der Waals surface area contributed by atoms with Crippen LogP contribution in [0.4, 0.5) is 0 Å². The molecule has 0 aromatic carbocycles. The molecule has 2 fully saturated rings. The molecule has 7 heteroatoms. The van der Waals surface area contributed by atoms with Crippen LogP contribution in [0.5, 0.6) is 0 Å². The molecule has 4 heterocycles. The van der Waals surface area contributed by atoms with E-state index in [9.17, 15) is 4.79 Å². The molecule has 140 valence electrons. The highest BCUT2D eigenvalue weighted by Crippen LogP contribution is 2.31. The summed E-state index contributed by atoms with van der Waals surface area (Å²) in [5.41, 5.74) is 2.06. The first-order chi connectivity index (χ1) is 12.6. The zero-order valence-electron chi connectivity index (χ0n) is 15.6. The Kier molecular flexibility index (Phi) is 4.91. The minimum absolute atomic E-state index is 0.0599. The van der Waals surface area contributed by atoms with Gasteiger partial charge in [0.05, 0.1) is 24.9 Å². The summed E-state index contributed by atoms with van der Waals surface area (Å²) in [5.74, 6) is 0.642. The standard InChI is InChI=1S/C19H27N5O2/c1-14(23-10-12-26-13-11-23)19(25)24-8-5-15(6-9-24)17-16-4-3-7-20-18(16)22(2)21-17/h3-4,7,14-15H,5-6,8-13H2,1-2H3/t14-/m0/s1. The van der Waals surface area contributed by atoms with E-state index in [1.807, 2.05) is 35.8 Å². The number of morpholine rings is 1. The highest BCUT2D eigenvalue weighted by atomic mass is 16.5. The van der Waals surface area contributed by atoms with Gasteiger partial charge in [0, 0.05) is 50.7 Å². The number of amides is 1. The molecule has 26 heavy (non-hydrogen) atoms. The Morgan fingerprint density at radius 3 is 2.69 bits per heavy atom. The van der Waals surface area contributed by atoms with Gasteiger partial charge < -0.3 is 9.64 Å². The monoisotopic (exact) mass is 357 g/mol. The van der Waals surface area contributed by atoms with Crippen LogP contribution in [0.25, 0.3) is 11.0 Å². The topological polar surface area (TPSA) is 63.5 Å². The van der Waals surface area contributed by atoms with Crippen molar-refractivity contribution in [1.82, 2.24) is 24.6 Å². The first kappa shape index (κ1) is 17.4. The van der Waals surface area contributed by atoms with Crippen molar-refractivity contribution in [2.45, 2.75) is 31.7 Å². The number of aryl methyl sites for hydroxylation is 1. The van der Waals surface area contributed by atoms with Crippen LogP contribution in [0.15, 0.2) is 18.3 Å². The second-order valence-corrected chi connectivity index (χ2v) is 7.31. The van der Waals surface area contributed by atoms with Crippen LogP contribution in [0.1, 0.15) is 31.4 Å². The fourth-order valence-corrected chi connectivity index (χ4v) is 4.18. The van der Waals surface area contributed by atoms with Gasteiger partial charge in [0.25, 0.3) is 0 Å². The van der Waals surface area contributed by atoms with E-state index in [4.69, 9.17) is 9.84 Å². The molecule has 0 bridgehead atoms. The zero-order chi connectivity index (χ0) is 18.1. The van der Waals surface area contributed by atoms with Crippen molar-refractivity contribution in [1.29, 1.82) is 0 Å². The second kappa shape index (κ2) is 7.32. The van der Waals surface area contributed by atoms with Gasteiger partial charge in [0.1, 0.15) is 0 Å². The van der Waals surface area contributed by atoms with Crippen LogP contribution in [-0.4, -0.2) is 75.9 Å². The van der Waals surface area contributed by atoms with Crippen molar-refractivity contribution < 1.29 is 9.53 Å². The van der Waals surface area contributed by atoms with Crippen molar-refractivity contribution in [3.63, 3.8) is 0 Å². The number of rotatable bonds is 3. The summed E-state index contributed by atoms with van der Waals surface area (Å²) in [4.78, 5) is 21.6. The van der Waals surface area contributed by atoms with Crippen molar-refractivity contribution in [2.75, 3.05) is 39.4 Å². The van der Waals surface area contributed by atoms with E-state index in [2.05, 4.69) is 16.0 Å². The molecule has 0 saturated carbocycles. The number of nitrogens with zero attached hydrogens (tertiary/aromatic N) is 5. The van der Waals surface area contributed by atoms with Crippen LogP contribution >= 0.6 is 0 Å². The molecule has 2 aromatic rings. The highest BCUT2D eigenvalue weighted by Gasteiger charge is 2.31. The fourth-order valence-electron chi connectivity index (χ4n) is 4.18. The summed E-state index contributed by atoms with van der Waals surface area (Å²) in [6, 6.07) is 4.01. The summed E-state index contributed by atoms with van der Waals surface area (Å²) in [5, 5.41) is 5.86. The Balaban J connectivity index is 1.41. The molecular formula is C19H27N5O2. The number of piperidine rings is 1. The van der Waals surface area contributed by atoms with Gasteiger partial charge in [-0.25, -0.2) is 4.98 Å². The van der Waals surface area contributed by atoms with Gasteiger partial charge in [-0.15, -0.1) is 0 Å². The molecule has 2 aliphatic rings. The number of hydrogen-bond donors (Lipinski definition) is 0. The minimum Gasteiger partial charge on any atom is -0.379 e. The molecule has 1 amide bonds. The lowest BCUT2D eigenvalue weighted by Gasteiger charge is -2.37. The lowest BCUT2D eigenvalue weighted by Crippen LogP contribution is -2.52. The van der Waals surface area contributed by atoms with Gasteiger partial charge in [0.15, 0.2) is 5.65 Å². The number of carbonyl (C=O) groups excluding carboxylic acids is 1. The van der Waals surface area contributed by atoms with E-state index in [0.717, 1.165) is 69.0 Å².